The Balaban J connectivity index is 2.19. The Morgan fingerprint density at radius 1 is 1.25 bits per heavy atom. The topological polar surface area (TPSA) is 47.1 Å². The first-order valence-corrected chi connectivity index (χ1v) is 7.21. The van der Waals surface area contributed by atoms with E-state index >= 15 is 0 Å². The quantitative estimate of drug-likeness (QED) is 0.871. The van der Waals surface area contributed by atoms with E-state index in [-0.39, 0.29) is 5.82 Å². The molecule has 4 nitrogen and oxygen atoms in total. The maximum atomic E-state index is 13.7. The number of imidazole rings is 1. The number of hydrogen-bond donors (Lipinski definition) is 1. The first-order chi connectivity index (χ1) is 9.49. The SMILES string of the molecule is Cc1cc2c(cc1F)nc(N)n2N1C(C)CCCC1C. The number of piperidine rings is 1. The van der Waals surface area contributed by atoms with Gasteiger partial charge < -0.3 is 10.7 Å². The number of nitrogens with zero attached hydrogens (tertiary/aromatic N) is 3. The third-order valence-electron chi connectivity index (χ3n) is 4.31. The first kappa shape index (κ1) is 13.2. The predicted molar refractivity (Wildman–Crippen MR) is 79.8 cm³/mol. The molecule has 1 aromatic carbocycles. The third kappa shape index (κ3) is 1.92. The Hall–Kier alpha value is -1.78. The molecule has 2 aromatic rings. The smallest absolute Gasteiger partial charge is 0.220 e. The second-order valence-electron chi connectivity index (χ2n) is 5.88. The van der Waals surface area contributed by atoms with Crippen molar-refractivity contribution in [2.75, 3.05) is 10.7 Å². The predicted octanol–water partition coefficient (Wildman–Crippen LogP) is 2.96. The lowest BCUT2D eigenvalue weighted by atomic mass is 10.00. The summed E-state index contributed by atoms with van der Waals surface area (Å²) in [7, 11) is 0. The number of nitrogen functional groups attached to an aromatic ring is 1. The molecule has 0 spiro atoms. The van der Waals surface area contributed by atoms with Crippen LogP contribution in [0.25, 0.3) is 11.0 Å². The van der Waals surface area contributed by atoms with Crippen LogP contribution in [-0.4, -0.2) is 21.7 Å². The van der Waals surface area contributed by atoms with Crippen LogP contribution in [0.4, 0.5) is 10.3 Å². The van der Waals surface area contributed by atoms with Gasteiger partial charge in [0.05, 0.1) is 11.0 Å². The molecule has 108 valence electrons. The highest BCUT2D eigenvalue weighted by Crippen LogP contribution is 2.28. The molecule has 0 bridgehead atoms. The van der Waals surface area contributed by atoms with Gasteiger partial charge in [0.15, 0.2) is 0 Å². The molecule has 0 saturated carbocycles. The average molecular weight is 276 g/mol. The molecule has 2 atom stereocenters. The molecule has 1 aliphatic rings. The molecule has 0 amide bonds. The molecule has 1 saturated heterocycles. The number of anilines is 1. The molecule has 1 aliphatic heterocycles. The normalized spacial score (nSPS) is 23.5. The van der Waals surface area contributed by atoms with Gasteiger partial charge in [0.25, 0.3) is 0 Å². The fourth-order valence-electron chi connectivity index (χ4n) is 3.25. The van der Waals surface area contributed by atoms with E-state index in [4.69, 9.17) is 5.73 Å². The minimum Gasteiger partial charge on any atom is -0.368 e. The van der Waals surface area contributed by atoms with Crippen molar-refractivity contribution in [2.24, 2.45) is 0 Å². The van der Waals surface area contributed by atoms with E-state index in [9.17, 15) is 4.39 Å². The number of rotatable bonds is 1. The largest absolute Gasteiger partial charge is 0.368 e. The zero-order valence-electron chi connectivity index (χ0n) is 12.2. The van der Waals surface area contributed by atoms with Crippen LogP contribution >= 0.6 is 0 Å². The van der Waals surface area contributed by atoms with Crippen molar-refractivity contribution in [3.63, 3.8) is 0 Å². The van der Waals surface area contributed by atoms with Gasteiger partial charge in [-0.3, -0.25) is 0 Å². The van der Waals surface area contributed by atoms with Crippen molar-refractivity contribution in [2.45, 2.75) is 52.1 Å². The molecule has 3 rings (SSSR count). The number of halogens is 1. The summed E-state index contributed by atoms with van der Waals surface area (Å²) in [5.41, 5.74) is 8.23. The van der Waals surface area contributed by atoms with Gasteiger partial charge in [-0.1, -0.05) is 0 Å². The highest BCUT2D eigenvalue weighted by atomic mass is 19.1. The molecule has 1 aromatic heterocycles. The van der Waals surface area contributed by atoms with Gasteiger partial charge in [-0.05, 0) is 51.7 Å². The zero-order valence-corrected chi connectivity index (χ0v) is 12.2. The van der Waals surface area contributed by atoms with Gasteiger partial charge in [-0.2, -0.15) is 0 Å². The van der Waals surface area contributed by atoms with Crippen molar-refractivity contribution < 1.29 is 4.39 Å². The maximum absolute atomic E-state index is 13.7. The van der Waals surface area contributed by atoms with Crippen LogP contribution in [0.3, 0.4) is 0 Å². The lowest BCUT2D eigenvalue weighted by Crippen LogP contribution is -2.51. The molecule has 20 heavy (non-hydrogen) atoms. The van der Waals surface area contributed by atoms with Crippen molar-refractivity contribution in [1.82, 2.24) is 9.66 Å². The van der Waals surface area contributed by atoms with Gasteiger partial charge in [0, 0.05) is 18.2 Å². The number of fused-ring (bicyclic) bond motifs is 1. The van der Waals surface area contributed by atoms with Crippen LogP contribution in [0.5, 0.6) is 0 Å². The van der Waals surface area contributed by atoms with E-state index in [1.54, 1.807) is 6.92 Å². The van der Waals surface area contributed by atoms with Crippen molar-refractivity contribution in [3.8, 4) is 0 Å². The highest BCUT2D eigenvalue weighted by Gasteiger charge is 2.28. The minimum absolute atomic E-state index is 0.234. The number of aryl methyl sites for hydroxylation is 1. The Morgan fingerprint density at radius 2 is 1.90 bits per heavy atom. The molecule has 1 fully saturated rings. The van der Waals surface area contributed by atoms with E-state index < -0.39 is 0 Å². The summed E-state index contributed by atoms with van der Waals surface area (Å²) in [6.07, 6.45) is 3.52. The molecule has 2 heterocycles. The Morgan fingerprint density at radius 3 is 2.55 bits per heavy atom. The van der Waals surface area contributed by atoms with Crippen LogP contribution in [0.2, 0.25) is 0 Å². The van der Waals surface area contributed by atoms with Crippen molar-refractivity contribution in [1.29, 1.82) is 0 Å². The number of benzene rings is 1. The van der Waals surface area contributed by atoms with E-state index in [1.165, 1.54) is 12.5 Å². The van der Waals surface area contributed by atoms with Crippen LogP contribution in [-0.2, 0) is 0 Å². The Kier molecular flexibility index (Phi) is 3.07. The minimum atomic E-state index is -0.234. The fourth-order valence-corrected chi connectivity index (χ4v) is 3.25. The zero-order chi connectivity index (χ0) is 14.4. The Labute approximate surface area is 118 Å². The summed E-state index contributed by atoms with van der Waals surface area (Å²) in [5.74, 6) is 0.201. The van der Waals surface area contributed by atoms with Gasteiger partial charge in [-0.25, -0.2) is 14.1 Å². The first-order valence-electron chi connectivity index (χ1n) is 7.21. The lowest BCUT2D eigenvalue weighted by molar-refractivity contribution is 0.343. The van der Waals surface area contributed by atoms with Crippen LogP contribution in [0.15, 0.2) is 12.1 Å². The molecular weight excluding hydrogens is 255 g/mol. The maximum Gasteiger partial charge on any atom is 0.220 e. The summed E-state index contributed by atoms with van der Waals surface area (Å²) in [6.45, 7) is 6.18. The average Bonchev–Trinajstić information content (AvgIpc) is 2.67. The van der Waals surface area contributed by atoms with Crippen LogP contribution in [0.1, 0.15) is 38.7 Å². The van der Waals surface area contributed by atoms with E-state index in [0.29, 0.717) is 29.1 Å². The van der Waals surface area contributed by atoms with Gasteiger partial charge >= 0.3 is 0 Å². The van der Waals surface area contributed by atoms with E-state index in [1.807, 2.05) is 10.7 Å². The standard InChI is InChI=1S/C15H21FN4/c1-9-7-14-13(8-12(9)16)18-15(17)20(14)19-10(2)5-4-6-11(19)3/h7-8,10-11H,4-6H2,1-3H3,(H2,17,18). The number of hydrogen-bond acceptors (Lipinski definition) is 3. The summed E-state index contributed by atoms with van der Waals surface area (Å²) < 4.78 is 15.7. The molecule has 0 radical (unpaired) electrons. The van der Waals surface area contributed by atoms with Gasteiger partial charge in [0.2, 0.25) is 5.95 Å². The second-order valence-corrected chi connectivity index (χ2v) is 5.88. The van der Waals surface area contributed by atoms with E-state index in [0.717, 1.165) is 18.4 Å². The van der Waals surface area contributed by atoms with Gasteiger partial charge in [0.1, 0.15) is 5.82 Å². The highest BCUT2D eigenvalue weighted by molar-refractivity contribution is 5.79. The van der Waals surface area contributed by atoms with Crippen LogP contribution < -0.4 is 10.7 Å². The third-order valence-corrected chi connectivity index (χ3v) is 4.31. The Bertz CT molecular complexity index is 639. The summed E-state index contributed by atoms with van der Waals surface area (Å²) in [5, 5.41) is 2.28. The molecular formula is C15H21FN4. The summed E-state index contributed by atoms with van der Waals surface area (Å²) in [4.78, 5) is 4.32. The van der Waals surface area contributed by atoms with Crippen molar-refractivity contribution >= 4 is 17.0 Å². The number of aromatic nitrogens is 2. The van der Waals surface area contributed by atoms with Crippen LogP contribution in [0, 0.1) is 12.7 Å². The van der Waals surface area contributed by atoms with Crippen molar-refractivity contribution in [3.05, 3.63) is 23.5 Å². The van der Waals surface area contributed by atoms with E-state index in [2.05, 4.69) is 23.8 Å². The lowest BCUT2D eigenvalue weighted by Gasteiger charge is -2.41. The summed E-state index contributed by atoms with van der Waals surface area (Å²) >= 11 is 0. The number of nitrogens with two attached hydrogens (primary N) is 1. The molecule has 5 heteroatoms. The fraction of sp³-hybridized carbons (Fsp3) is 0.533. The molecule has 0 aliphatic carbocycles. The molecule has 2 N–H and O–H groups in total. The monoisotopic (exact) mass is 276 g/mol. The van der Waals surface area contributed by atoms with Gasteiger partial charge in [-0.15, -0.1) is 0 Å². The second kappa shape index (κ2) is 4.65. The molecule has 2 unspecified atom stereocenters. The summed E-state index contributed by atoms with van der Waals surface area (Å²) in [6, 6.07) is 4.12.